The fraction of sp³-hybridized carbons (Fsp3) is 0.667. The number of hydrogen-bond acceptors (Lipinski definition) is 3. The summed E-state index contributed by atoms with van der Waals surface area (Å²) < 4.78 is 5.16. The van der Waals surface area contributed by atoms with Gasteiger partial charge < -0.3 is 14.7 Å². The lowest BCUT2D eigenvalue weighted by Gasteiger charge is -2.19. The SMILES string of the molecule is C=CCOCCCC(=O)N(CC)CCC(=O)O. The molecule has 0 saturated heterocycles. The van der Waals surface area contributed by atoms with Gasteiger partial charge in [0.2, 0.25) is 5.91 Å². The molecule has 0 fully saturated rings. The summed E-state index contributed by atoms with van der Waals surface area (Å²) in [6.07, 6.45) is 2.69. The summed E-state index contributed by atoms with van der Waals surface area (Å²) >= 11 is 0. The Bertz CT molecular complexity index is 253. The summed E-state index contributed by atoms with van der Waals surface area (Å²) in [6, 6.07) is 0. The van der Waals surface area contributed by atoms with Gasteiger partial charge in [-0.05, 0) is 13.3 Å². The molecule has 0 rings (SSSR count). The molecule has 0 aliphatic carbocycles. The monoisotopic (exact) mass is 243 g/mol. The Kier molecular flexibility index (Phi) is 9.05. The molecule has 1 N–H and O–H groups in total. The number of rotatable bonds is 10. The normalized spacial score (nSPS) is 9.94. The van der Waals surface area contributed by atoms with E-state index in [-0.39, 0.29) is 18.9 Å². The number of carbonyl (C=O) groups is 2. The maximum Gasteiger partial charge on any atom is 0.305 e. The van der Waals surface area contributed by atoms with Crippen LogP contribution in [-0.2, 0) is 14.3 Å². The van der Waals surface area contributed by atoms with Crippen molar-refractivity contribution in [1.82, 2.24) is 4.90 Å². The topological polar surface area (TPSA) is 66.8 Å². The molecule has 0 aromatic heterocycles. The molecule has 0 heterocycles. The van der Waals surface area contributed by atoms with Crippen LogP contribution in [0.15, 0.2) is 12.7 Å². The number of amides is 1. The molecule has 0 unspecified atom stereocenters. The summed E-state index contributed by atoms with van der Waals surface area (Å²) in [4.78, 5) is 23.6. The first-order valence-electron chi connectivity index (χ1n) is 5.80. The number of ether oxygens (including phenoxy) is 1. The van der Waals surface area contributed by atoms with Crippen molar-refractivity contribution in [2.24, 2.45) is 0 Å². The van der Waals surface area contributed by atoms with Gasteiger partial charge in [-0.3, -0.25) is 9.59 Å². The van der Waals surface area contributed by atoms with Crippen LogP contribution in [0, 0.1) is 0 Å². The van der Waals surface area contributed by atoms with Crippen LogP contribution in [0.1, 0.15) is 26.2 Å². The lowest BCUT2D eigenvalue weighted by Crippen LogP contribution is -2.32. The zero-order chi connectivity index (χ0) is 13.1. The molecule has 0 aromatic rings. The molecular formula is C12H21NO4. The van der Waals surface area contributed by atoms with E-state index in [1.54, 1.807) is 11.0 Å². The van der Waals surface area contributed by atoms with E-state index in [9.17, 15) is 9.59 Å². The van der Waals surface area contributed by atoms with Crippen molar-refractivity contribution < 1.29 is 19.4 Å². The third-order valence-electron chi connectivity index (χ3n) is 2.25. The third-order valence-corrected chi connectivity index (χ3v) is 2.25. The number of carboxylic acid groups (broad SMARTS) is 1. The minimum absolute atomic E-state index is 0.00740. The van der Waals surface area contributed by atoms with Gasteiger partial charge in [0, 0.05) is 26.1 Å². The van der Waals surface area contributed by atoms with Crippen molar-refractivity contribution >= 4 is 11.9 Å². The van der Waals surface area contributed by atoms with Gasteiger partial charge in [-0.15, -0.1) is 6.58 Å². The first-order valence-corrected chi connectivity index (χ1v) is 5.80. The van der Waals surface area contributed by atoms with E-state index in [2.05, 4.69) is 6.58 Å². The van der Waals surface area contributed by atoms with Crippen molar-refractivity contribution in [3.63, 3.8) is 0 Å². The summed E-state index contributed by atoms with van der Waals surface area (Å²) in [5.74, 6) is -0.901. The van der Waals surface area contributed by atoms with E-state index in [0.29, 0.717) is 32.6 Å². The first-order chi connectivity index (χ1) is 8.11. The van der Waals surface area contributed by atoms with Crippen LogP contribution >= 0.6 is 0 Å². The Hall–Kier alpha value is -1.36. The van der Waals surface area contributed by atoms with Crippen molar-refractivity contribution in [3.05, 3.63) is 12.7 Å². The van der Waals surface area contributed by atoms with Gasteiger partial charge in [0.05, 0.1) is 13.0 Å². The standard InChI is InChI=1S/C12H21NO4/c1-3-9-17-10-5-6-11(14)13(4-2)8-7-12(15)16/h3H,1,4-10H2,2H3,(H,15,16). The van der Waals surface area contributed by atoms with E-state index in [1.807, 2.05) is 6.92 Å². The Labute approximate surface area is 102 Å². The second kappa shape index (κ2) is 9.84. The Morgan fingerprint density at radius 2 is 2.12 bits per heavy atom. The van der Waals surface area contributed by atoms with Gasteiger partial charge in [-0.2, -0.15) is 0 Å². The molecule has 98 valence electrons. The van der Waals surface area contributed by atoms with Gasteiger partial charge >= 0.3 is 5.97 Å². The molecular weight excluding hydrogens is 222 g/mol. The van der Waals surface area contributed by atoms with Crippen molar-refractivity contribution in [1.29, 1.82) is 0 Å². The maximum absolute atomic E-state index is 11.7. The molecule has 5 heteroatoms. The summed E-state index contributed by atoms with van der Waals surface area (Å²) in [5.41, 5.74) is 0. The summed E-state index contributed by atoms with van der Waals surface area (Å²) in [7, 11) is 0. The fourth-order valence-corrected chi connectivity index (χ4v) is 1.34. The fourth-order valence-electron chi connectivity index (χ4n) is 1.34. The first kappa shape index (κ1) is 15.6. The second-order valence-corrected chi connectivity index (χ2v) is 3.58. The largest absolute Gasteiger partial charge is 0.481 e. The van der Waals surface area contributed by atoms with E-state index >= 15 is 0 Å². The molecule has 1 amide bonds. The number of hydrogen-bond donors (Lipinski definition) is 1. The lowest BCUT2D eigenvalue weighted by atomic mass is 10.2. The highest BCUT2D eigenvalue weighted by Crippen LogP contribution is 2.00. The van der Waals surface area contributed by atoms with Crippen molar-refractivity contribution in [2.45, 2.75) is 26.2 Å². The van der Waals surface area contributed by atoms with Gasteiger partial charge in [-0.1, -0.05) is 6.08 Å². The highest BCUT2D eigenvalue weighted by atomic mass is 16.5. The maximum atomic E-state index is 11.7. The highest BCUT2D eigenvalue weighted by Gasteiger charge is 2.12. The molecule has 0 radical (unpaired) electrons. The molecule has 0 bridgehead atoms. The van der Waals surface area contributed by atoms with E-state index in [0.717, 1.165) is 0 Å². The predicted molar refractivity (Wildman–Crippen MR) is 64.8 cm³/mol. The zero-order valence-corrected chi connectivity index (χ0v) is 10.4. The average molecular weight is 243 g/mol. The molecule has 0 spiro atoms. The molecule has 5 nitrogen and oxygen atoms in total. The molecule has 0 saturated carbocycles. The second-order valence-electron chi connectivity index (χ2n) is 3.58. The average Bonchev–Trinajstić information content (AvgIpc) is 2.29. The van der Waals surface area contributed by atoms with E-state index < -0.39 is 5.97 Å². The molecule has 0 aliphatic heterocycles. The van der Waals surface area contributed by atoms with Gasteiger partial charge in [0.1, 0.15) is 0 Å². The number of nitrogens with zero attached hydrogens (tertiary/aromatic N) is 1. The number of carboxylic acids is 1. The smallest absolute Gasteiger partial charge is 0.305 e. The van der Waals surface area contributed by atoms with Crippen LogP contribution in [0.25, 0.3) is 0 Å². The highest BCUT2D eigenvalue weighted by molar-refractivity contribution is 5.77. The number of aliphatic carboxylic acids is 1. The van der Waals surface area contributed by atoms with Gasteiger partial charge in [0.15, 0.2) is 0 Å². The van der Waals surface area contributed by atoms with Crippen LogP contribution in [0.5, 0.6) is 0 Å². The predicted octanol–water partition coefficient (Wildman–Crippen LogP) is 1.29. The third kappa shape index (κ3) is 8.45. The van der Waals surface area contributed by atoms with Crippen LogP contribution < -0.4 is 0 Å². The number of carbonyl (C=O) groups excluding carboxylic acids is 1. The minimum Gasteiger partial charge on any atom is -0.481 e. The quantitative estimate of drug-likeness (QED) is 0.464. The van der Waals surface area contributed by atoms with Gasteiger partial charge in [-0.25, -0.2) is 0 Å². The van der Waals surface area contributed by atoms with E-state index in [1.165, 1.54) is 0 Å². The van der Waals surface area contributed by atoms with Crippen LogP contribution in [0.2, 0.25) is 0 Å². The Balaban J connectivity index is 3.75. The van der Waals surface area contributed by atoms with Gasteiger partial charge in [0.25, 0.3) is 0 Å². The Morgan fingerprint density at radius 1 is 1.41 bits per heavy atom. The summed E-state index contributed by atoms with van der Waals surface area (Å²) in [5, 5.41) is 8.55. The Morgan fingerprint density at radius 3 is 2.65 bits per heavy atom. The van der Waals surface area contributed by atoms with Crippen molar-refractivity contribution in [2.75, 3.05) is 26.3 Å². The molecule has 0 atom stereocenters. The lowest BCUT2D eigenvalue weighted by molar-refractivity contribution is -0.138. The molecule has 17 heavy (non-hydrogen) atoms. The van der Waals surface area contributed by atoms with Crippen LogP contribution in [0.4, 0.5) is 0 Å². The van der Waals surface area contributed by atoms with E-state index in [4.69, 9.17) is 9.84 Å². The molecule has 0 aromatic carbocycles. The van der Waals surface area contributed by atoms with Crippen LogP contribution in [0.3, 0.4) is 0 Å². The van der Waals surface area contributed by atoms with Crippen LogP contribution in [-0.4, -0.2) is 48.2 Å². The zero-order valence-electron chi connectivity index (χ0n) is 10.4. The van der Waals surface area contributed by atoms with Crippen molar-refractivity contribution in [3.8, 4) is 0 Å². The summed E-state index contributed by atoms with van der Waals surface area (Å²) in [6.45, 7) is 7.19. The minimum atomic E-state index is -0.884. The molecule has 0 aliphatic rings.